The Balaban J connectivity index is 1.23. The molecule has 1 heterocycles. The highest BCUT2D eigenvalue weighted by molar-refractivity contribution is 5.81. The molecule has 3 fully saturated rings. The number of amides is 1. The van der Waals surface area contributed by atoms with E-state index in [1.54, 1.807) is 0 Å². The second-order valence-electron chi connectivity index (χ2n) is 6.86. The minimum Gasteiger partial charge on any atom is -0.395 e. The van der Waals surface area contributed by atoms with E-state index in [-0.39, 0.29) is 0 Å². The number of aliphatic hydroxyl groups is 1. The first-order valence-corrected chi connectivity index (χ1v) is 8.42. The number of likely N-dealkylation sites (tertiary alicyclic amines) is 1. The molecular formula is C16H28N2O2. The zero-order chi connectivity index (χ0) is 13.9. The van der Waals surface area contributed by atoms with Crippen LogP contribution >= 0.6 is 0 Å². The van der Waals surface area contributed by atoms with Crippen molar-refractivity contribution in [1.29, 1.82) is 0 Å². The van der Waals surface area contributed by atoms with Gasteiger partial charge in [-0.3, -0.25) is 9.69 Å². The minimum atomic E-state index is 0.293. The number of aliphatic hydroxyl groups excluding tert-OH is 1. The molecule has 0 spiro atoms. The maximum atomic E-state index is 11.9. The summed E-state index contributed by atoms with van der Waals surface area (Å²) in [6.07, 6.45) is 8.38. The van der Waals surface area contributed by atoms with E-state index in [1.165, 1.54) is 19.3 Å². The molecule has 4 heteroatoms. The van der Waals surface area contributed by atoms with Crippen LogP contribution < -0.4 is 5.32 Å². The number of carbonyl (C=O) groups is 1. The lowest BCUT2D eigenvalue weighted by Gasteiger charge is -2.22. The first-order chi connectivity index (χ1) is 9.79. The second-order valence-corrected chi connectivity index (χ2v) is 6.86. The molecule has 2 N–H and O–H groups in total. The topological polar surface area (TPSA) is 52.6 Å². The maximum absolute atomic E-state index is 11.9. The molecule has 114 valence electrons. The van der Waals surface area contributed by atoms with Gasteiger partial charge in [-0.25, -0.2) is 0 Å². The molecule has 0 radical (unpaired) electrons. The van der Waals surface area contributed by atoms with Crippen molar-refractivity contribution in [2.75, 3.05) is 26.2 Å². The molecule has 2 aliphatic carbocycles. The van der Waals surface area contributed by atoms with Crippen molar-refractivity contribution in [3.8, 4) is 0 Å². The molecule has 1 aliphatic heterocycles. The first kappa shape index (κ1) is 14.3. The van der Waals surface area contributed by atoms with Crippen molar-refractivity contribution < 1.29 is 9.90 Å². The Bertz CT molecular complexity index is 343. The summed E-state index contributed by atoms with van der Waals surface area (Å²) in [4.78, 5) is 14.3. The third-order valence-corrected chi connectivity index (χ3v) is 5.29. The SMILES string of the molecule is O=C(NCCCCN1CCCC1CO)C1CC1C1CC1. The summed E-state index contributed by atoms with van der Waals surface area (Å²) in [7, 11) is 0. The van der Waals surface area contributed by atoms with Crippen LogP contribution in [0, 0.1) is 17.8 Å². The fourth-order valence-corrected chi connectivity index (χ4v) is 3.74. The largest absolute Gasteiger partial charge is 0.395 e. The molecule has 0 aromatic heterocycles. The van der Waals surface area contributed by atoms with Gasteiger partial charge in [-0.2, -0.15) is 0 Å². The van der Waals surface area contributed by atoms with Gasteiger partial charge < -0.3 is 10.4 Å². The Hall–Kier alpha value is -0.610. The highest BCUT2D eigenvalue weighted by Crippen LogP contribution is 2.54. The predicted octanol–water partition coefficient (Wildman–Crippen LogP) is 1.39. The van der Waals surface area contributed by atoms with Crippen LogP contribution in [0.2, 0.25) is 0 Å². The molecule has 3 unspecified atom stereocenters. The van der Waals surface area contributed by atoms with Gasteiger partial charge in [-0.15, -0.1) is 0 Å². The van der Waals surface area contributed by atoms with Gasteiger partial charge >= 0.3 is 0 Å². The monoisotopic (exact) mass is 280 g/mol. The standard InChI is InChI=1S/C16H28N2O2/c19-11-13-4-3-9-18(13)8-2-1-7-17-16(20)15-10-14(15)12-5-6-12/h12-15,19H,1-11H2,(H,17,20). The number of unbranched alkanes of at least 4 members (excludes halogenated alkanes) is 1. The molecule has 0 aromatic carbocycles. The van der Waals surface area contributed by atoms with Crippen LogP contribution in [0.4, 0.5) is 0 Å². The van der Waals surface area contributed by atoms with Crippen molar-refractivity contribution in [2.24, 2.45) is 17.8 Å². The Labute approximate surface area is 121 Å². The second kappa shape index (κ2) is 6.44. The lowest BCUT2D eigenvalue weighted by molar-refractivity contribution is -0.122. The summed E-state index contributed by atoms with van der Waals surface area (Å²) >= 11 is 0. The smallest absolute Gasteiger partial charge is 0.223 e. The van der Waals surface area contributed by atoms with Crippen molar-refractivity contribution in [3.63, 3.8) is 0 Å². The third kappa shape index (κ3) is 3.53. The molecule has 0 aromatic rings. The fraction of sp³-hybridized carbons (Fsp3) is 0.938. The van der Waals surface area contributed by atoms with Crippen LogP contribution in [-0.4, -0.2) is 48.2 Å². The van der Waals surface area contributed by atoms with Gasteiger partial charge in [0.15, 0.2) is 0 Å². The lowest BCUT2D eigenvalue weighted by atomic mass is 10.2. The summed E-state index contributed by atoms with van der Waals surface area (Å²) in [6.45, 7) is 3.31. The van der Waals surface area contributed by atoms with Gasteiger partial charge in [0.05, 0.1) is 6.61 Å². The van der Waals surface area contributed by atoms with E-state index >= 15 is 0 Å². The lowest BCUT2D eigenvalue weighted by Crippen LogP contribution is -2.33. The number of nitrogens with zero attached hydrogens (tertiary/aromatic N) is 1. The molecule has 4 nitrogen and oxygen atoms in total. The number of nitrogens with one attached hydrogen (secondary N) is 1. The van der Waals surface area contributed by atoms with Crippen LogP contribution in [0.5, 0.6) is 0 Å². The molecule has 3 atom stereocenters. The summed E-state index contributed by atoms with van der Waals surface area (Å²) in [5.41, 5.74) is 0. The Morgan fingerprint density at radius 3 is 2.85 bits per heavy atom. The van der Waals surface area contributed by atoms with Gasteiger partial charge in [0.25, 0.3) is 0 Å². The third-order valence-electron chi connectivity index (χ3n) is 5.29. The highest BCUT2D eigenvalue weighted by atomic mass is 16.3. The molecule has 3 rings (SSSR count). The molecule has 1 saturated heterocycles. The molecular weight excluding hydrogens is 252 g/mol. The van der Waals surface area contributed by atoms with Crippen molar-refractivity contribution in [3.05, 3.63) is 0 Å². The van der Waals surface area contributed by atoms with Gasteiger partial charge in [0.2, 0.25) is 5.91 Å². The van der Waals surface area contributed by atoms with Gasteiger partial charge in [0, 0.05) is 18.5 Å². The summed E-state index contributed by atoms with van der Waals surface area (Å²) in [5.74, 6) is 2.26. The van der Waals surface area contributed by atoms with Gasteiger partial charge in [0.1, 0.15) is 0 Å². The van der Waals surface area contributed by atoms with E-state index in [4.69, 9.17) is 0 Å². The highest BCUT2D eigenvalue weighted by Gasteiger charge is 2.50. The number of carbonyl (C=O) groups excluding carboxylic acids is 1. The average Bonchev–Trinajstić information content (AvgIpc) is 3.33. The van der Waals surface area contributed by atoms with E-state index < -0.39 is 0 Å². The van der Waals surface area contributed by atoms with Crippen LogP contribution in [0.25, 0.3) is 0 Å². The molecule has 20 heavy (non-hydrogen) atoms. The summed E-state index contributed by atoms with van der Waals surface area (Å²) in [6, 6.07) is 0.385. The van der Waals surface area contributed by atoms with Crippen LogP contribution in [0.1, 0.15) is 44.9 Å². The van der Waals surface area contributed by atoms with Crippen LogP contribution in [-0.2, 0) is 4.79 Å². The predicted molar refractivity (Wildman–Crippen MR) is 78.2 cm³/mol. The number of hydrogen-bond acceptors (Lipinski definition) is 3. The van der Waals surface area contributed by atoms with E-state index in [0.29, 0.717) is 24.5 Å². The molecule has 3 aliphatic rings. The van der Waals surface area contributed by atoms with Crippen LogP contribution in [0.15, 0.2) is 0 Å². The Morgan fingerprint density at radius 1 is 1.25 bits per heavy atom. The van der Waals surface area contributed by atoms with Crippen molar-refractivity contribution in [2.45, 2.75) is 51.0 Å². The Morgan fingerprint density at radius 2 is 2.10 bits per heavy atom. The van der Waals surface area contributed by atoms with Crippen LogP contribution in [0.3, 0.4) is 0 Å². The zero-order valence-electron chi connectivity index (χ0n) is 12.4. The summed E-state index contributed by atoms with van der Waals surface area (Å²) in [5, 5.41) is 12.4. The quantitative estimate of drug-likeness (QED) is 0.661. The van der Waals surface area contributed by atoms with E-state index in [9.17, 15) is 9.90 Å². The Kier molecular flexibility index (Phi) is 4.61. The fourth-order valence-electron chi connectivity index (χ4n) is 3.74. The van der Waals surface area contributed by atoms with Crippen molar-refractivity contribution in [1.82, 2.24) is 10.2 Å². The van der Waals surface area contributed by atoms with Gasteiger partial charge in [-0.05, 0) is 69.9 Å². The van der Waals surface area contributed by atoms with E-state index in [2.05, 4.69) is 10.2 Å². The zero-order valence-corrected chi connectivity index (χ0v) is 12.4. The minimum absolute atomic E-state index is 0.293. The molecule has 0 bridgehead atoms. The van der Waals surface area contributed by atoms with Gasteiger partial charge in [-0.1, -0.05) is 0 Å². The average molecular weight is 280 g/mol. The number of rotatable bonds is 8. The van der Waals surface area contributed by atoms with Crippen molar-refractivity contribution >= 4 is 5.91 Å². The normalized spacial score (nSPS) is 33.4. The van der Waals surface area contributed by atoms with E-state index in [0.717, 1.165) is 57.2 Å². The first-order valence-electron chi connectivity index (χ1n) is 8.42. The number of hydrogen-bond donors (Lipinski definition) is 2. The molecule has 2 saturated carbocycles. The summed E-state index contributed by atoms with van der Waals surface area (Å²) < 4.78 is 0. The molecule has 1 amide bonds. The maximum Gasteiger partial charge on any atom is 0.223 e. The van der Waals surface area contributed by atoms with E-state index in [1.807, 2.05) is 0 Å².